The summed E-state index contributed by atoms with van der Waals surface area (Å²) in [5, 5.41) is 6.38. The van der Waals surface area contributed by atoms with Gasteiger partial charge in [0.25, 0.3) is 5.91 Å². The fourth-order valence-corrected chi connectivity index (χ4v) is 5.09. The van der Waals surface area contributed by atoms with E-state index in [4.69, 9.17) is 0 Å². The number of rotatable bonds is 5. The molecule has 1 saturated heterocycles. The van der Waals surface area contributed by atoms with Gasteiger partial charge in [0, 0.05) is 23.4 Å². The first-order valence-corrected chi connectivity index (χ1v) is 10.6. The third-order valence-electron chi connectivity index (χ3n) is 5.65. The quantitative estimate of drug-likeness (QED) is 0.789. The normalized spacial score (nSPS) is 28.8. The molecule has 2 fully saturated rings. The van der Waals surface area contributed by atoms with Crippen LogP contribution in [-0.2, 0) is 4.79 Å². The lowest BCUT2D eigenvalue weighted by atomic mass is 9.70. The van der Waals surface area contributed by atoms with Crippen molar-refractivity contribution in [3.8, 4) is 0 Å². The van der Waals surface area contributed by atoms with E-state index >= 15 is 0 Å². The van der Waals surface area contributed by atoms with E-state index in [9.17, 15) is 9.59 Å². The molecule has 4 nitrogen and oxygen atoms in total. The van der Waals surface area contributed by atoms with Gasteiger partial charge in [-0.3, -0.25) is 9.59 Å². The molecule has 136 valence electrons. The number of thioether (sulfide) groups is 1. The lowest BCUT2D eigenvalue weighted by molar-refractivity contribution is -0.127. The summed E-state index contributed by atoms with van der Waals surface area (Å²) in [6, 6.07) is 8.08. The predicted molar refractivity (Wildman–Crippen MR) is 102 cm³/mol. The first-order valence-electron chi connectivity index (χ1n) is 9.35. The van der Waals surface area contributed by atoms with Crippen LogP contribution < -0.4 is 10.6 Å². The summed E-state index contributed by atoms with van der Waals surface area (Å²) in [7, 11) is 0. The molecule has 1 aliphatic heterocycles. The molecule has 0 bridgehead atoms. The molecule has 1 aliphatic carbocycles. The number of fused-ring (bicyclic) bond motifs is 1. The Kier molecular flexibility index (Phi) is 6.05. The van der Waals surface area contributed by atoms with E-state index in [0.29, 0.717) is 18.3 Å². The zero-order chi connectivity index (χ0) is 17.8. The Morgan fingerprint density at radius 3 is 2.88 bits per heavy atom. The summed E-state index contributed by atoms with van der Waals surface area (Å²) in [5.41, 5.74) is 0.744. The highest BCUT2D eigenvalue weighted by atomic mass is 32.2. The van der Waals surface area contributed by atoms with Crippen molar-refractivity contribution in [1.82, 2.24) is 10.6 Å². The molecular weight excluding hydrogens is 332 g/mol. The van der Waals surface area contributed by atoms with Crippen molar-refractivity contribution in [2.24, 2.45) is 11.8 Å². The summed E-state index contributed by atoms with van der Waals surface area (Å²) in [6.45, 7) is 2.19. The van der Waals surface area contributed by atoms with Crippen molar-refractivity contribution < 1.29 is 9.59 Å². The van der Waals surface area contributed by atoms with Crippen LogP contribution in [0.3, 0.4) is 0 Å². The van der Waals surface area contributed by atoms with Crippen molar-refractivity contribution in [2.75, 3.05) is 6.26 Å². The second-order valence-electron chi connectivity index (χ2n) is 7.27. The number of benzene rings is 1. The first-order chi connectivity index (χ1) is 12.1. The van der Waals surface area contributed by atoms with Gasteiger partial charge in [-0.25, -0.2) is 0 Å². The number of hydrogen-bond donors (Lipinski definition) is 2. The smallest absolute Gasteiger partial charge is 0.252 e. The van der Waals surface area contributed by atoms with Gasteiger partial charge in [-0.05, 0) is 55.9 Å². The lowest BCUT2D eigenvalue weighted by Gasteiger charge is -2.44. The molecule has 2 aliphatic rings. The van der Waals surface area contributed by atoms with Crippen molar-refractivity contribution in [3.05, 3.63) is 29.8 Å². The van der Waals surface area contributed by atoms with E-state index in [1.807, 2.05) is 30.5 Å². The van der Waals surface area contributed by atoms with Gasteiger partial charge in [0.2, 0.25) is 5.91 Å². The van der Waals surface area contributed by atoms with Crippen LogP contribution in [0.15, 0.2) is 29.2 Å². The molecule has 4 unspecified atom stereocenters. The molecule has 1 aromatic carbocycles. The molecule has 0 spiro atoms. The predicted octanol–water partition coefficient (Wildman–Crippen LogP) is 3.61. The van der Waals surface area contributed by atoms with Crippen LogP contribution in [0.5, 0.6) is 0 Å². The van der Waals surface area contributed by atoms with Crippen LogP contribution in [-0.4, -0.2) is 30.2 Å². The second kappa shape index (κ2) is 8.26. The fourth-order valence-electron chi connectivity index (χ4n) is 4.49. The van der Waals surface area contributed by atoms with Crippen LogP contribution in [0.4, 0.5) is 0 Å². The van der Waals surface area contributed by atoms with E-state index in [-0.39, 0.29) is 23.9 Å². The van der Waals surface area contributed by atoms with Crippen molar-refractivity contribution in [2.45, 2.75) is 62.4 Å². The zero-order valence-corrected chi connectivity index (χ0v) is 15.9. The zero-order valence-electron chi connectivity index (χ0n) is 15.1. The van der Waals surface area contributed by atoms with Gasteiger partial charge < -0.3 is 10.6 Å². The molecule has 25 heavy (non-hydrogen) atoms. The molecule has 2 amide bonds. The van der Waals surface area contributed by atoms with Crippen molar-refractivity contribution in [1.29, 1.82) is 0 Å². The Morgan fingerprint density at radius 2 is 2.12 bits per heavy atom. The Labute approximate surface area is 154 Å². The molecule has 1 heterocycles. The summed E-state index contributed by atoms with van der Waals surface area (Å²) in [5.74, 6) is 1.27. The Hall–Kier alpha value is -1.49. The summed E-state index contributed by atoms with van der Waals surface area (Å²) >= 11 is 1.59. The van der Waals surface area contributed by atoms with Gasteiger partial charge in [0.05, 0.1) is 5.56 Å². The fraction of sp³-hybridized carbons (Fsp3) is 0.600. The number of hydrogen-bond acceptors (Lipinski definition) is 3. The summed E-state index contributed by atoms with van der Waals surface area (Å²) < 4.78 is 0. The maximum atomic E-state index is 12.7. The molecular formula is C20H28N2O2S. The number of amides is 2. The molecule has 0 aromatic heterocycles. The van der Waals surface area contributed by atoms with Gasteiger partial charge >= 0.3 is 0 Å². The third-order valence-corrected chi connectivity index (χ3v) is 6.45. The molecule has 4 atom stereocenters. The minimum atomic E-state index is 0.000596. The van der Waals surface area contributed by atoms with Crippen LogP contribution in [0, 0.1) is 11.8 Å². The number of carbonyl (C=O) groups excluding carboxylic acids is 2. The first kappa shape index (κ1) is 18.3. The van der Waals surface area contributed by atoms with Crippen LogP contribution >= 0.6 is 11.8 Å². The maximum Gasteiger partial charge on any atom is 0.252 e. The van der Waals surface area contributed by atoms with Gasteiger partial charge in [-0.1, -0.05) is 25.5 Å². The Balaban J connectivity index is 1.64. The van der Waals surface area contributed by atoms with Crippen LogP contribution in [0.1, 0.15) is 55.8 Å². The number of carbonyl (C=O) groups is 2. The molecule has 2 N–H and O–H groups in total. The topological polar surface area (TPSA) is 58.2 Å². The SMILES string of the molecule is CCCC1CC(=O)NC2CC(NC(=O)c3ccccc3SC)CCC12. The maximum absolute atomic E-state index is 12.7. The van der Waals surface area contributed by atoms with Gasteiger partial charge in [0.15, 0.2) is 0 Å². The number of nitrogens with one attached hydrogen (secondary N) is 2. The van der Waals surface area contributed by atoms with E-state index in [0.717, 1.165) is 42.6 Å². The average molecular weight is 361 g/mol. The highest BCUT2D eigenvalue weighted by Gasteiger charge is 2.40. The van der Waals surface area contributed by atoms with E-state index in [1.165, 1.54) is 0 Å². The van der Waals surface area contributed by atoms with Gasteiger partial charge in [-0.15, -0.1) is 11.8 Å². The molecule has 3 rings (SSSR count). The molecule has 1 saturated carbocycles. The van der Waals surface area contributed by atoms with E-state index in [1.54, 1.807) is 11.8 Å². The average Bonchev–Trinajstić information content (AvgIpc) is 2.61. The standard InChI is InChI=1S/C20H28N2O2S/c1-3-6-13-11-19(23)22-17-12-14(9-10-15(13)17)21-20(24)16-7-4-5-8-18(16)25-2/h4-5,7-8,13-15,17H,3,6,9-12H2,1-2H3,(H,21,24)(H,22,23). The Bertz CT molecular complexity index is 634. The highest BCUT2D eigenvalue weighted by molar-refractivity contribution is 7.98. The third kappa shape index (κ3) is 4.20. The van der Waals surface area contributed by atoms with E-state index < -0.39 is 0 Å². The monoisotopic (exact) mass is 360 g/mol. The minimum Gasteiger partial charge on any atom is -0.353 e. The minimum absolute atomic E-state index is 0.000596. The Morgan fingerprint density at radius 1 is 1.32 bits per heavy atom. The highest BCUT2D eigenvalue weighted by Crippen LogP contribution is 2.37. The van der Waals surface area contributed by atoms with Gasteiger partial charge in [0.1, 0.15) is 0 Å². The van der Waals surface area contributed by atoms with Crippen molar-refractivity contribution in [3.63, 3.8) is 0 Å². The van der Waals surface area contributed by atoms with Crippen LogP contribution in [0.25, 0.3) is 0 Å². The van der Waals surface area contributed by atoms with E-state index in [2.05, 4.69) is 17.6 Å². The summed E-state index contributed by atoms with van der Waals surface area (Å²) in [4.78, 5) is 25.7. The van der Waals surface area contributed by atoms with Crippen molar-refractivity contribution >= 4 is 23.6 Å². The van der Waals surface area contributed by atoms with Gasteiger partial charge in [-0.2, -0.15) is 0 Å². The largest absolute Gasteiger partial charge is 0.353 e. The number of piperidine rings is 1. The molecule has 0 radical (unpaired) electrons. The lowest BCUT2D eigenvalue weighted by Crippen LogP contribution is -2.55. The summed E-state index contributed by atoms with van der Waals surface area (Å²) in [6.07, 6.45) is 7.87. The second-order valence-corrected chi connectivity index (χ2v) is 8.12. The van der Waals surface area contributed by atoms with Crippen LogP contribution in [0.2, 0.25) is 0 Å². The molecule has 1 aromatic rings. The molecule has 5 heteroatoms.